The predicted octanol–water partition coefficient (Wildman–Crippen LogP) is 5.23. The summed E-state index contributed by atoms with van der Waals surface area (Å²) in [5.41, 5.74) is 2.65. The van der Waals surface area contributed by atoms with E-state index < -0.39 is 5.97 Å². The summed E-state index contributed by atoms with van der Waals surface area (Å²) in [6.07, 6.45) is 0. The number of carbonyl (C=O) groups is 2. The lowest BCUT2D eigenvalue weighted by atomic mass is 10.1. The molecule has 5 heteroatoms. The number of hydrogen-bond donors (Lipinski definition) is 1. The van der Waals surface area contributed by atoms with Crippen LogP contribution >= 0.6 is 15.9 Å². The minimum atomic E-state index is -0.459. The third-order valence-corrected chi connectivity index (χ3v) is 4.22. The Labute approximate surface area is 159 Å². The fourth-order valence-electron chi connectivity index (χ4n) is 2.30. The van der Waals surface area contributed by atoms with Crippen LogP contribution in [0.5, 0.6) is 5.75 Å². The molecule has 3 aromatic rings. The number of benzene rings is 3. The molecule has 0 heterocycles. The molecule has 1 amide bonds. The van der Waals surface area contributed by atoms with Crippen molar-refractivity contribution in [2.24, 2.45) is 0 Å². The van der Waals surface area contributed by atoms with Crippen molar-refractivity contribution in [1.29, 1.82) is 0 Å². The molecule has 0 atom stereocenters. The number of ether oxygens (including phenoxy) is 1. The van der Waals surface area contributed by atoms with Crippen molar-refractivity contribution in [3.63, 3.8) is 0 Å². The summed E-state index contributed by atoms with van der Waals surface area (Å²) in [5, 5.41) is 2.80. The van der Waals surface area contributed by atoms with Crippen LogP contribution in [0.1, 0.15) is 26.3 Å². The van der Waals surface area contributed by atoms with Gasteiger partial charge in [0.05, 0.1) is 5.56 Å². The molecule has 0 unspecified atom stereocenters. The van der Waals surface area contributed by atoms with Crippen molar-refractivity contribution in [3.05, 3.63) is 94.0 Å². The van der Waals surface area contributed by atoms with Crippen LogP contribution in [-0.4, -0.2) is 11.9 Å². The van der Waals surface area contributed by atoms with Gasteiger partial charge in [-0.2, -0.15) is 0 Å². The van der Waals surface area contributed by atoms with Gasteiger partial charge in [0.1, 0.15) is 5.75 Å². The van der Waals surface area contributed by atoms with Crippen molar-refractivity contribution in [2.75, 3.05) is 5.32 Å². The molecule has 3 aromatic carbocycles. The number of rotatable bonds is 4. The van der Waals surface area contributed by atoms with Crippen molar-refractivity contribution >= 4 is 33.5 Å². The number of aryl methyl sites for hydroxylation is 1. The first kappa shape index (κ1) is 17.9. The van der Waals surface area contributed by atoms with Gasteiger partial charge in [-0.15, -0.1) is 0 Å². The number of nitrogens with one attached hydrogen (secondary N) is 1. The minimum absolute atomic E-state index is 0.221. The van der Waals surface area contributed by atoms with Gasteiger partial charge in [0.15, 0.2) is 0 Å². The van der Waals surface area contributed by atoms with E-state index in [-0.39, 0.29) is 5.91 Å². The molecule has 0 aromatic heterocycles. The quantitative estimate of drug-likeness (QED) is 0.474. The van der Waals surface area contributed by atoms with Gasteiger partial charge >= 0.3 is 5.97 Å². The Bertz CT molecular complexity index is 859. The normalized spacial score (nSPS) is 10.2. The van der Waals surface area contributed by atoms with Crippen LogP contribution in [0.15, 0.2) is 77.3 Å². The summed E-state index contributed by atoms with van der Waals surface area (Å²) < 4.78 is 6.26. The van der Waals surface area contributed by atoms with Gasteiger partial charge in [0.25, 0.3) is 5.91 Å². The lowest BCUT2D eigenvalue weighted by Crippen LogP contribution is -2.12. The van der Waals surface area contributed by atoms with E-state index in [1.54, 1.807) is 60.7 Å². The molecule has 0 saturated carbocycles. The van der Waals surface area contributed by atoms with Crippen LogP contribution in [0.4, 0.5) is 5.69 Å². The fourth-order valence-corrected chi connectivity index (χ4v) is 2.56. The third-order valence-electron chi connectivity index (χ3n) is 3.70. The highest BCUT2D eigenvalue weighted by molar-refractivity contribution is 9.10. The lowest BCUT2D eigenvalue weighted by Gasteiger charge is -2.08. The second-order valence-corrected chi connectivity index (χ2v) is 6.66. The molecule has 0 fully saturated rings. The highest BCUT2D eigenvalue weighted by atomic mass is 79.9. The van der Waals surface area contributed by atoms with Crippen molar-refractivity contribution in [3.8, 4) is 5.75 Å². The van der Waals surface area contributed by atoms with Crippen LogP contribution in [0.3, 0.4) is 0 Å². The maximum Gasteiger partial charge on any atom is 0.343 e. The topological polar surface area (TPSA) is 55.4 Å². The first-order valence-corrected chi connectivity index (χ1v) is 8.76. The molecular formula is C21H16BrNO3. The number of carbonyl (C=O) groups excluding carboxylic acids is 2. The van der Waals surface area contributed by atoms with Gasteiger partial charge in [0.2, 0.25) is 0 Å². The number of hydrogen-bond acceptors (Lipinski definition) is 3. The van der Waals surface area contributed by atoms with Crippen molar-refractivity contribution in [1.82, 2.24) is 0 Å². The smallest absolute Gasteiger partial charge is 0.343 e. The summed E-state index contributed by atoms with van der Waals surface area (Å²) >= 11 is 3.32. The van der Waals surface area contributed by atoms with E-state index in [1.807, 2.05) is 19.1 Å². The molecule has 130 valence electrons. The SMILES string of the molecule is Cc1ccc(C(=O)Nc2cccc(OC(=O)c3ccc(Br)cc3)c2)cc1. The summed E-state index contributed by atoms with van der Waals surface area (Å²) in [7, 11) is 0. The number of halogens is 1. The largest absolute Gasteiger partial charge is 0.423 e. The molecule has 4 nitrogen and oxygen atoms in total. The first-order valence-electron chi connectivity index (χ1n) is 7.97. The maximum absolute atomic E-state index is 12.3. The first-order chi connectivity index (χ1) is 12.5. The Morgan fingerprint density at radius 1 is 0.885 bits per heavy atom. The predicted molar refractivity (Wildman–Crippen MR) is 105 cm³/mol. The van der Waals surface area contributed by atoms with Gasteiger partial charge in [-0.3, -0.25) is 4.79 Å². The molecule has 0 bridgehead atoms. The zero-order valence-electron chi connectivity index (χ0n) is 14.0. The molecule has 0 saturated heterocycles. The number of esters is 1. The summed E-state index contributed by atoms with van der Waals surface area (Å²) in [4.78, 5) is 24.5. The highest BCUT2D eigenvalue weighted by Gasteiger charge is 2.10. The van der Waals surface area contributed by atoms with Gasteiger partial charge in [-0.05, 0) is 55.5 Å². The number of anilines is 1. The molecule has 1 N–H and O–H groups in total. The molecule has 0 spiro atoms. The minimum Gasteiger partial charge on any atom is -0.423 e. The van der Waals surface area contributed by atoms with E-state index in [0.29, 0.717) is 22.6 Å². The van der Waals surface area contributed by atoms with Gasteiger partial charge in [0, 0.05) is 21.8 Å². The molecule has 3 rings (SSSR count). The standard InChI is InChI=1S/C21H16BrNO3/c1-14-5-7-15(8-6-14)20(24)23-18-3-2-4-19(13-18)26-21(25)16-9-11-17(22)12-10-16/h2-13H,1H3,(H,23,24). The van der Waals surface area contributed by atoms with E-state index in [0.717, 1.165) is 10.0 Å². The van der Waals surface area contributed by atoms with E-state index in [9.17, 15) is 9.59 Å². The molecule has 0 radical (unpaired) electrons. The Balaban J connectivity index is 1.69. The Hall–Kier alpha value is -2.92. The third kappa shape index (κ3) is 4.58. The van der Waals surface area contributed by atoms with Crippen LogP contribution in [0, 0.1) is 6.92 Å². The molecule has 0 aliphatic carbocycles. The van der Waals surface area contributed by atoms with Gasteiger partial charge in [-0.1, -0.05) is 39.7 Å². The molecule has 0 aliphatic rings. The average molecular weight is 410 g/mol. The van der Waals surface area contributed by atoms with Crippen molar-refractivity contribution in [2.45, 2.75) is 6.92 Å². The lowest BCUT2D eigenvalue weighted by molar-refractivity contribution is 0.0735. The summed E-state index contributed by atoms with van der Waals surface area (Å²) in [6, 6.07) is 20.9. The summed E-state index contributed by atoms with van der Waals surface area (Å²) in [5.74, 6) is -0.319. The number of amides is 1. The highest BCUT2D eigenvalue weighted by Crippen LogP contribution is 2.20. The van der Waals surface area contributed by atoms with Gasteiger partial charge in [-0.25, -0.2) is 4.79 Å². The van der Waals surface area contributed by atoms with E-state index in [4.69, 9.17) is 4.74 Å². The van der Waals surface area contributed by atoms with E-state index in [1.165, 1.54) is 0 Å². The molecule has 0 aliphatic heterocycles. The zero-order chi connectivity index (χ0) is 18.5. The van der Waals surface area contributed by atoms with E-state index in [2.05, 4.69) is 21.2 Å². The monoisotopic (exact) mass is 409 g/mol. The van der Waals surface area contributed by atoms with Gasteiger partial charge < -0.3 is 10.1 Å². The fraction of sp³-hybridized carbons (Fsp3) is 0.0476. The Kier molecular flexibility index (Phi) is 5.49. The van der Waals surface area contributed by atoms with Crippen LogP contribution < -0.4 is 10.1 Å². The van der Waals surface area contributed by atoms with Crippen LogP contribution in [0.25, 0.3) is 0 Å². The molecule has 26 heavy (non-hydrogen) atoms. The second kappa shape index (κ2) is 7.97. The second-order valence-electron chi connectivity index (χ2n) is 5.74. The summed E-state index contributed by atoms with van der Waals surface area (Å²) in [6.45, 7) is 1.96. The Morgan fingerprint density at radius 3 is 2.23 bits per heavy atom. The molecular weight excluding hydrogens is 394 g/mol. The van der Waals surface area contributed by atoms with E-state index >= 15 is 0 Å². The maximum atomic E-state index is 12.3. The zero-order valence-corrected chi connectivity index (χ0v) is 15.6. The van der Waals surface area contributed by atoms with Crippen molar-refractivity contribution < 1.29 is 14.3 Å². The van der Waals surface area contributed by atoms with Crippen LogP contribution in [-0.2, 0) is 0 Å². The van der Waals surface area contributed by atoms with Crippen LogP contribution in [0.2, 0.25) is 0 Å². The Morgan fingerprint density at radius 2 is 1.54 bits per heavy atom. The average Bonchev–Trinajstić information content (AvgIpc) is 2.63.